The summed E-state index contributed by atoms with van der Waals surface area (Å²) in [7, 11) is -2.46. The van der Waals surface area contributed by atoms with Crippen molar-refractivity contribution in [3.63, 3.8) is 0 Å². The van der Waals surface area contributed by atoms with Gasteiger partial charge in [0.05, 0.1) is 22.9 Å². The number of para-hydroxylation sites is 1. The number of ether oxygens (including phenoxy) is 1. The lowest BCUT2D eigenvalue weighted by Crippen LogP contribution is -2.47. The van der Waals surface area contributed by atoms with Crippen LogP contribution in [0.25, 0.3) is 0 Å². The van der Waals surface area contributed by atoms with Gasteiger partial charge in [0.25, 0.3) is 5.69 Å². The monoisotopic (exact) mass is 605 g/mol. The van der Waals surface area contributed by atoms with E-state index in [1.54, 1.807) is 44.0 Å². The van der Waals surface area contributed by atoms with Gasteiger partial charge in [-0.05, 0) is 65.0 Å². The molecule has 2 amide bonds. The molecule has 13 heteroatoms. The highest BCUT2D eigenvalue weighted by atomic mass is 32.2. The van der Waals surface area contributed by atoms with Gasteiger partial charge in [0.1, 0.15) is 11.2 Å². The zero-order valence-corrected chi connectivity index (χ0v) is 26.4. The van der Waals surface area contributed by atoms with Crippen molar-refractivity contribution in [1.29, 1.82) is 0 Å². The largest absolute Gasteiger partial charge is 0.493 e. The maximum atomic E-state index is 12.9. The van der Waals surface area contributed by atoms with Crippen LogP contribution in [0.5, 0.6) is 5.75 Å². The van der Waals surface area contributed by atoms with E-state index < -0.39 is 30.9 Å². The van der Waals surface area contributed by atoms with Crippen molar-refractivity contribution in [3.8, 4) is 5.75 Å². The molecule has 232 valence electrons. The molecule has 0 saturated heterocycles. The zero-order chi connectivity index (χ0) is 31.7. The Morgan fingerprint density at radius 1 is 0.976 bits per heavy atom. The summed E-state index contributed by atoms with van der Waals surface area (Å²) < 4.78 is 33.0. The molecular weight excluding hydrogens is 562 g/mol. The molecule has 0 spiro atoms. The Morgan fingerprint density at radius 3 is 2.14 bits per heavy atom. The van der Waals surface area contributed by atoms with E-state index in [9.17, 15) is 28.1 Å². The first-order valence-corrected chi connectivity index (χ1v) is 15.6. The topological polar surface area (TPSA) is 142 Å². The van der Waals surface area contributed by atoms with Crippen molar-refractivity contribution in [2.24, 2.45) is 5.41 Å². The molecule has 42 heavy (non-hydrogen) atoms. The van der Waals surface area contributed by atoms with Gasteiger partial charge in [0, 0.05) is 32.3 Å². The molecule has 0 aromatic heterocycles. The summed E-state index contributed by atoms with van der Waals surface area (Å²) >= 11 is 0. The number of hydrogen-bond donors (Lipinski definition) is 1. The molecule has 0 radical (unpaired) electrons. The van der Waals surface area contributed by atoms with Crippen LogP contribution in [0.4, 0.5) is 17.1 Å². The molecule has 12 nitrogen and oxygen atoms in total. The molecule has 0 unspecified atom stereocenters. The minimum atomic E-state index is -4.06. The number of benzene rings is 2. The first kappa shape index (κ1) is 34.7. The number of nitrogens with one attached hydrogen (secondary N) is 1. The minimum Gasteiger partial charge on any atom is -0.493 e. The Labute approximate surface area is 248 Å². The molecule has 1 aliphatic rings. The van der Waals surface area contributed by atoms with Crippen LogP contribution in [0.1, 0.15) is 48.0 Å². The predicted molar refractivity (Wildman–Crippen MR) is 164 cm³/mol. The van der Waals surface area contributed by atoms with Crippen molar-refractivity contribution < 1.29 is 27.7 Å². The highest BCUT2D eigenvalue weighted by Crippen LogP contribution is 2.40. The van der Waals surface area contributed by atoms with Gasteiger partial charge >= 0.3 is 0 Å². The smallest absolute Gasteiger partial charge is 0.289 e. The first-order chi connectivity index (χ1) is 19.8. The van der Waals surface area contributed by atoms with Gasteiger partial charge in [0.2, 0.25) is 21.8 Å². The van der Waals surface area contributed by atoms with E-state index in [1.807, 2.05) is 6.92 Å². The van der Waals surface area contributed by atoms with Crippen molar-refractivity contribution in [2.75, 3.05) is 56.2 Å². The lowest BCUT2D eigenvalue weighted by molar-refractivity contribution is -0.387. The third-order valence-electron chi connectivity index (χ3n) is 7.11. The average molecular weight is 606 g/mol. The fourth-order valence-electron chi connectivity index (χ4n) is 4.52. The fraction of sp³-hybridized carbons (Fsp3) is 0.517. The Balaban J connectivity index is 0.000000782. The summed E-state index contributed by atoms with van der Waals surface area (Å²) in [6.45, 7) is 15.7. The van der Waals surface area contributed by atoms with Crippen LogP contribution in [0.15, 0.2) is 47.4 Å². The number of nitrogens with zero attached hydrogens (tertiary/aromatic N) is 4. The zero-order valence-electron chi connectivity index (χ0n) is 25.5. The second-order valence-corrected chi connectivity index (χ2v) is 11.9. The number of carbonyl (C=O) groups excluding carboxylic acids is 2. The molecule has 3 rings (SSSR count). The van der Waals surface area contributed by atoms with Gasteiger partial charge in [-0.3, -0.25) is 19.7 Å². The summed E-state index contributed by atoms with van der Waals surface area (Å²) in [5.74, 6) is -0.162. The highest BCUT2D eigenvalue weighted by molar-refractivity contribution is 7.89. The summed E-state index contributed by atoms with van der Waals surface area (Å²) in [4.78, 5) is 41.2. The van der Waals surface area contributed by atoms with E-state index in [4.69, 9.17) is 4.74 Å². The molecule has 1 N–H and O–H groups in total. The molecule has 1 heterocycles. The number of nitro benzene ring substituents is 1. The van der Waals surface area contributed by atoms with E-state index in [0.717, 1.165) is 6.07 Å². The summed E-state index contributed by atoms with van der Waals surface area (Å²) in [6.07, 6.45) is 0.290. The third-order valence-corrected chi connectivity index (χ3v) is 8.62. The number of fused-ring (bicyclic) bond motifs is 1. The normalized spacial score (nSPS) is 14.7. The number of carbonyl (C=O) groups is 2. The SMILES string of the molecule is CCN(CC)CC.CCN1C(=O)C(C)(C)C(=O)N(C)c2cc(OCCCNS(=O)(=O)c3ccccc3[N+](=O)[O-])ccc21. The van der Waals surface area contributed by atoms with Crippen molar-refractivity contribution in [2.45, 2.75) is 52.9 Å². The lowest BCUT2D eigenvalue weighted by Gasteiger charge is -2.27. The molecule has 0 saturated carbocycles. The molecule has 2 aromatic rings. The van der Waals surface area contributed by atoms with Crippen molar-refractivity contribution >= 4 is 38.9 Å². The Kier molecular flexibility index (Phi) is 12.4. The quantitative estimate of drug-likeness (QED) is 0.165. The van der Waals surface area contributed by atoms with E-state index in [-0.39, 0.29) is 31.4 Å². The number of sulfonamides is 1. The second-order valence-electron chi connectivity index (χ2n) is 10.1. The maximum Gasteiger partial charge on any atom is 0.289 e. The van der Waals surface area contributed by atoms with Crippen molar-refractivity contribution in [1.82, 2.24) is 9.62 Å². The van der Waals surface area contributed by atoms with Gasteiger partial charge in [-0.15, -0.1) is 0 Å². The van der Waals surface area contributed by atoms with E-state index in [2.05, 4.69) is 30.4 Å². The molecule has 0 bridgehead atoms. The van der Waals surface area contributed by atoms with Gasteiger partial charge in [-0.2, -0.15) is 0 Å². The van der Waals surface area contributed by atoms with Crippen LogP contribution in [0.3, 0.4) is 0 Å². The molecule has 0 fully saturated rings. The second kappa shape index (κ2) is 15.1. The van der Waals surface area contributed by atoms with Crippen LogP contribution in [-0.4, -0.2) is 76.4 Å². The summed E-state index contributed by atoms with van der Waals surface area (Å²) in [6, 6.07) is 10.2. The fourth-order valence-corrected chi connectivity index (χ4v) is 5.77. The Morgan fingerprint density at radius 2 is 1.60 bits per heavy atom. The predicted octanol–water partition coefficient (Wildman–Crippen LogP) is 4.05. The van der Waals surface area contributed by atoms with E-state index >= 15 is 0 Å². The van der Waals surface area contributed by atoms with Gasteiger partial charge in [-0.1, -0.05) is 32.9 Å². The lowest BCUT2D eigenvalue weighted by atomic mass is 9.90. The van der Waals surface area contributed by atoms with Crippen LogP contribution in [0.2, 0.25) is 0 Å². The highest BCUT2D eigenvalue weighted by Gasteiger charge is 2.45. The third kappa shape index (κ3) is 8.05. The van der Waals surface area contributed by atoms with Crippen LogP contribution in [0, 0.1) is 15.5 Å². The molecule has 1 aliphatic heterocycles. The number of hydrogen-bond acceptors (Lipinski definition) is 8. The van der Waals surface area contributed by atoms with Gasteiger partial charge in [0.15, 0.2) is 4.90 Å². The van der Waals surface area contributed by atoms with Crippen molar-refractivity contribution in [3.05, 3.63) is 52.6 Å². The molecule has 0 atom stereocenters. The Hall–Kier alpha value is -3.55. The summed E-state index contributed by atoms with van der Waals surface area (Å²) in [5, 5.41) is 11.1. The number of nitro groups is 1. The van der Waals surface area contributed by atoms with Crippen LogP contribution >= 0.6 is 0 Å². The number of amides is 2. The maximum absolute atomic E-state index is 12.9. The van der Waals surface area contributed by atoms with Crippen LogP contribution in [-0.2, 0) is 19.6 Å². The van der Waals surface area contributed by atoms with E-state index in [1.165, 1.54) is 42.7 Å². The number of anilines is 2. The van der Waals surface area contributed by atoms with Crippen LogP contribution < -0.4 is 19.3 Å². The average Bonchev–Trinajstić information content (AvgIpc) is 3.02. The standard InChI is InChI=1S/C23H28N4O7S.C6H15N/c1-5-26-17-12-11-16(15-19(17)25(4)21(28)23(2,3)22(26)29)34-14-8-13-24-35(32,33)20-10-7-6-9-18(20)27(30)31;1-4-7(5-2)6-3/h6-7,9-12,15,24H,5,8,13-14H2,1-4H3;4-6H2,1-3H3. The van der Waals surface area contributed by atoms with Gasteiger partial charge < -0.3 is 19.4 Å². The molecule has 0 aliphatic carbocycles. The molecule has 2 aromatic carbocycles. The minimum absolute atomic E-state index is 0.00398. The van der Waals surface area contributed by atoms with Gasteiger partial charge in [-0.25, -0.2) is 13.1 Å². The first-order valence-electron chi connectivity index (χ1n) is 14.1. The van der Waals surface area contributed by atoms with E-state index in [0.29, 0.717) is 23.7 Å². The Bertz CT molecular complexity index is 1350. The number of rotatable bonds is 12. The molecular formula is C29H43N5O7S. The summed E-state index contributed by atoms with van der Waals surface area (Å²) in [5.41, 5.74) is -0.577.